The molecule has 0 unspecified atom stereocenters. The van der Waals surface area contributed by atoms with E-state index >= 15 is 0 Å². The Balaban J connectivity index is 1.52. The molecule has 28 heavy (non-hydrogen) atoms. The summed E-state index contributed by atoms with van der Waals surface area (Å²) >= 11 is 1.15. The van der Waals surface area contributed by atoms with E-state index in [1.807, 2.05) is 31.2 Å². The van der Waals surface area contributed by atoms with Gasteiger partial charge in [0, 0.05) is 5.69 Å². The van der Waals surface area contributed by atoms with Gasteiger partial charge in [-0.1, -0.05) is 36.0 Å². The van der Waals surface area contributed by atoms with Crippen molar-refractivity contribution in [2.75, 3.05) is 22.3 Å². The number of nitrogens with one attached hydrogen (secondary N) is 2. The third-order valence-corrected chi connectivity index (χ3v) is 4.49. The van der Waals surface area contributed by atoms with E-state index in [1.165, 1.54) is 23.0 Å². The molecule has 3 aromatic rings. The Hall–Kier alpha value is -3.40. The number of carbonyl (C=O) groups is 1. The third-order valence-electron chi connectivity index (χ3n) is 3.55. The van der Waals surface area contributed by atoms with Gasteiger partial charge < -0.3 is 11.2 Å². The first-order chi connectivity index (χ1) is 13.5. The number of aromatic nitrogens is 3. The van der Waals surface area contributed by atoms with Crippen LogP contribution in [0, 0.1) is 12.7 Å². The Morgan fingerprint density at radius 1 is 1.29 bits per heavy atom. The lowest BCUT2D eigenvalue weighted by Crippen LogP contribution is -2.16. The van der Waals surface area contributed by atoms with Crippen LogP contribution < -0.4 is 16.6 Å². The summed E-state index contributed by atoms with van der Waals surface area (Å²) in [4.78, 5) is 12.1. The smallest absolute Gasteiger partial charge is 0.264 e. The maximum absolute atomic E-state index is 12.9. The number of amides is 1. The maximum Gasteiger partial charge on any atom is 0.264 e. The second-order valence-electron chi connectivity index (χ2n) is 5.80. The fraction of sp³-hybridized carbons (Fsp3) is 0.111. The molecule has 2 aromatic carbocycles. The highest BCUT2D eigenvalue weighted by molar-refractivity contribution is 7.99. The Labute approximate surface area is 165 Å². The topological polar surface area (TPSA) is 110 Å². The second-order valence-corrected chi connectivity index (χ2v) is 6.75. The number of rotatable bonds is 7. The van der Waals surface area contributed by atoms with Crippen molar-refractivity contribution in [3.05, 3.63) is 65.5 Å². The predicted octanol–water partition coefficient (Wildman–Crippen LogP) is 2.62. The molecular formula is C18H18FN7OS. The van der Waals surface area contributed by atoms with Crippen LogP contribution in [0.4, 0.5) is 16.0 Å². The van der Waals surface area contributed by atoms with Crippen LogP contribution in [0.25, 0.3) is 0 Å². The molecule has 144 valence electrons. The number of hydrazone groups is 1. The first-order valence-corrected chi connectivity index (χ1v) is 9.24. The van der Waals surface area contributed by atoms with Gasteiger partial charge in [0.1, 0.15) is 5.82 Å². The fourth-order valence-corrected chi connectivity index (χ4v) is 2.87. The number of anilines is 2. The molecule has 1 aromatic heterocycles. The molecule has 0 radical (unpaired) electrons. The van der Waals surface area contributed by atoms with Crippen LogP contribution in [-0.4, -0.2) is 32.7 Å². The molecule has 0 aliphatic rings. The summed E-state index contributed by atoms with van der Waals surface area (Å²) in [5, 5.41) is 15.0. The zero-order valence-electron chi connectivity index (χ0n) is 15.0. The number of carbonyl (C=O) groups excluding carboxylic acids is 1. The highest BCUT2D eigenvalue weighted by Gasteiger charge is 2.12. The lowest BCUT2D eigenvalue weighted by molar-refractivity contribution is -0.113. The van der Waals surface area contributed by atoms with Gasteiger partial charge in [0.15, 0.2) is 0 Å². The quantitative estimate of drug-likeness (QED) is 0.244. The standard InChI is InChI=1S/C18H18FN7OS/c1-12-3-2-4-15(9-12)22-16(27)11-28-18-25-24-17(26(18)20)23-21-10-13-5-7-14(19)8-6-13/h2-10H,11,20H2,1H3,(H,22,27)(H,23,24)/b21-10+. The molecule has 8 nitrogen and oxygen atoms in total. The van der Waals surface area contributed by atoms with E-state index in [0.29, 0.717) is 10.7 Å². The molecule has 0 aliphatic heterocycles. The average molecular weight is 399 g/mol. The van der Waals surface area contributed by atoms with Crippen molar-refractivity contribution in [3.8, 4) is 0 Å². The van der Waals surface area contributed by atoms with E-state index in [0.717, 1.165) is 23.0 Å². The van der Waals surface area contributed by atoms with Crippen molar-refractivity contribution in [1.29, 1.82) is 0 Å². The van der Waals surface area contributed by atoms with Gasteiger partial charge >= 0.3 is 0 Å². The first-order valence-electron chi connectivity index (χ1n) is 8.26. The average Bonchev–Trinajstić information content (AvgIpc) is 3.02. The molecule has 0 bridgehead atoms. The van der Waals surface area contributed by atoms with Gasteiger partial charge in [-0.25, -0.2) is 14.5 Å². The van der Waals surface area contributed by atoms with Crippen molar-refractivity contribution in [2.24, 2.45) is 5.10 Å². The maximum atomic E-state index is 12.9. The molecule has 0 aliphatic carbocycles. The number of benzene rings is 2. The number of hydrogen-bond acceptors (Lipinski definition) is 7. The largest absolute Gasteiger partial charge is 0.334 e. The zero-order valence-corrected chi connectivity index (χ0v) is 15.8. The summed E-state index contributed by atoms with van der Waals surface area (Å²) < 4.78 is 14.1. The van der Waals surface area contributed by atoms with Crippen LogP contribution in [0.2, 0.25) is 0 Å². The lowest BCUT2D eigenvalue weighted by atomic mass is 10.2. The molecule has 0 saturated heterocycles. The van der Waals surface area contributed by atoms with Gasteiger partial charge in [0.25, 0.3) is 5.95 Å². The van der Waals surface area contributed by atoms with Crippen molar-refractivity contribution in [3.63, 3.8) is 0 Å². The summed E-state index contributed by atoms with van der Waals surface area (Å²) in [5.74, 6) is 5.75. The number of nitrogens with two attached hydrogens (primary N) is 1. The Morgan fingerprint density at radius 3 is 2.82 bits per heavy atom. The van der Waals surface area contributed by atoms with Gasteiger partial charge in [0.05, 0.1) is 12.0 Å². The van der Waals surface area contributed by atoms with Crippen molar-refractivity contribution in [1.82, 2.24) is 14.9 Å². The van der Waals surface area contributed by atoms with Crippen LogP contribution >= 0.6 is 11.8 Å². The van der Waals surface area contributed by atoms with Crippen LogP contribution in [0.5, 0.6) is 0 Å². The number of nitrogens with zero attached hydrogens (tertiary/aromatic N) is 4. The summed E-state index contributed by atoms with van der Waals surface area (Å²) in [6, 6.07) is 13.4. The molecule has 0 saturated carbocycles. The molecule has 10 heteroatoms. The Morgan fingerprint density at radius 2 is 2.07 bits per heavy atom. The molecule has 4 N–H and O–H groups in total. The summed E-state index contributed by atoms with van der Waals surface area (Å²) in [6.07, 6.45) is 1.50. The first kappa shape index (κ1) is 19.4. The SMILES string of the molecule is Cc1cccc(NC(=O)CSc2nnc(N/N=C/c3ccc(F)cc3)n2N)c1. The highest BCUT2D eigenvalue weighted by atomic mass is 32.2. The monoisotopic (exact) mass is 399 g/mol. The van der Waals surface area contributed by atoms with Crippen molar-refractivity contribution in [2.45, 2.75) is 12.1 Å². The summed E-state index contributed by atoms with van der Waals surface area (Å²) in [7, 11) is 0. The Kier molecular flexibility index (Phi) is 6.22. The van der Waals surface area contributed by atoms with E-state index in [-0.39, 0.29) is 23.4 Å². The minimum absolute atomic E-state index is 0.127. The summed E-state index contributed by atoms with van der Waals surface area (Å²) in [6.45, 7) is 1.95. The second kappa shape index (κ2) is 9.00. The van der Waals surface area contributed by atoms with Gasteiger partial charge in [-0.15, -0.1) is 10.2 Å². The van der Waals surface area contributed by atoms with E-state index in [1.54, 1.807) is 12.1 Å². The van der Waals surface area contributed by atoms with Crippen LogP contribution in [0.3, 0.4) is 0 Å². The molecule has 0 atom stereocenters. The number of thioether (sulfide) groups is 1. The van der Waals surface area contributed by atoms with E-state index in [4.69, 9.17) is 5.84 Å². The van der Waals surface area contributed by atoms with Crippen molar-refractivity contribution >= 4 is 35.5 Å². The van der Waals surface area contributed by atoms with Gasteiger partial charge in [-0.3, -0.25) is 4.79 Å². The number of aryl methyl sites for hydroxylation is 1. The zero-order chi connectivity index (χ0) is 19.9. The summed E-state index contributed by atoms with van der Waals surface area (Å²) in [5.41, 5.74) is 5.16. The molecule has 0 fully saturated rings. The highest BCUT2D eigenvalue weighted by Crippen LogP contribution is 2.17. The predicted molar refractivity (Wildman–Crippen MR) is 108 cm³/mol. The van der Waals surface area contributed by atoms with Crippen LogP contribution in [0.15, 0.2) is 58.8 Å². The number of halogens is 1. The van der Waals surface area contributed by atoms with Gasteiger partial charge in [-0.05, 0) is 42.3 Å². The minimum atomic E-state index is -0.320. The van der Waals surface area contributed by atoms with E-state index < -0.39 is 0 Å². The molecule has 1 amide bonds. The lowest BCUT2D eigenvalue weighted by Gasteiger charge is -2.06. The third kappa shape index (κ3) is 5.30. The van der Waals surface area contributed by atoms with Gasteiger partial charge in [0.2, 0.25) is 11.1 Å². The molecule has 3 rings (SSSR count). The van der Waals surface area contributed by atoms with E-state index in [2.05, 4.69) is 26.0 Å². The molecule has 1 heterocycles. The van der Waals surface area contributed by atoms with E-state index in [9.17, 15) is 9.18 Å². The van der Waals surface area contributed by atoms with Gasteiger partial charge in [-0.2, -0.15) is 5.10 Å². The number of hydrogen-bond donors (Lipinski definition) is 3. The normalized spacial score (nSPS) is 10.9. The van der Waals surface area contributed by atoms with Crippen LogP contribution in [0.1, 0.15) is 11.1 Å². The van der Waals surface area contributed by atoms with Crippen molar-refractivity contribution < 1.29 is 9.18 Å². The van der Waals surface area contributed by atoms with Crippen LogP contribution in [-0.2, 0) is 4.79 Å². The fourth-order valence-electron chi connectivity index (χ4n) is 2.22. The molecular weight excluding hydrogens is 381 g/mol. The number of nitrogen functional groups attached to an aromatic ring is 1. The minimum Gasteiger partial charge on any atom is -0.334 e. The molecule has 0 spiro atoms. The Bertz CT molecular complexity index is 988.